The zero-order chi connectivity index (χ0) is 15.5. The molecule has 2 fully saturated rings. The average Bonchev–Trinajstić information content (AvgIpc) is 3.15. The summed E-state index contributed by atoms with van der Waals surface area (Å²) in [6.07, 6.45) is 7.66. The van der Waals surface area contributed by atoms with Crippen LogP contribution in [0.5, 0.6) is 0 Å². The van der Waals surface area contributed by atoms with Crippen LogP contribution in [0.3, 0.4) is 0 Å². The van der Waals surface area contributed by atoms with Crippen molar-refractivity contribution in [3.63, 3.8) is 0 Å². The zero-order valence-electron chi connectivity index (χ0n) is 13.2. The maximum atomic E-state index is 12.7. The molecule has 118 valence electrons. The first kappa shape index (κ1) is 15.1. The third-order valence-corrected chi connectivity index (χ3v) is 4.58. The first-order chi connectivity index (χ1) is 10.6. The van der Waals surface area contributed by atoms with E-state index in [-0.39, 0.29) is 11.8 Å². The van der Waals surface area contributed by atoms with Crippen molar-refractivity contribution in [2.45, 2.75) is 64.0 Å². The molecule has 0 aliphatic heterocycles. The van der Waals surface area contributed by atoms with Crippen LogP contribution in [-0.2, 0) is 16.0 Å². The summed E-state index contributed by atoms with van der Waals surface area (Å²) in [5, 5.41) is 2.75. The van der Waals surface area contributed by atoms with Crippen molar-refractivity contribution in [1.82, 2.24) is 4.90 Å². The molecule has 0 heterocycles. The van der Waals surface area contributed by atoms with Crippen LogP contribution >= 0.6 is 0 Å². The lowest BCUT2D eigenvalue weighted by atomic mass is 10.1. The Balaban J connectivity index is 1.63. The molecule has 0 spiro atoms. The maximum absolute atomic E-state index is 12.7. The van der Waals surface area contributed by atoms with Gasteiger partial charge in [0.05, 0.1) is 6.42 Å². The molecule has 22 heavy (non-hydrogen) atoms. The second kappa shape index (κ2) is 6.51. The quantitative estimate of drug-likeness (QED) is 0.908. The first-order valence-electron chi connectivity index (χ1n) is 8.31. The smallest absolute Gasteiger partial charge is 0.227 e. The second-order valence-electron chi connectivity index (χ2n) is 6.53. The molecule has 0 saturated heterocycles. The van der Waals surface area contributed by atoms with Crippen molar-refractivity contribution in [3.8, 4) is 0 Å². The van der Waals surface area contributed by atoms with Crippen LogP contribution in [0.25, 0.3) is 0 Å². The van der Waals surface area contributed by atoms with Gasteiger partial charge in [-0.25, -0.2) is 0 Å². The fourth-order valence-corrected chi connectivity index (χ4v) is 3.42. The van der Waals surface area contributed by atoms with Gasteiger partial charge in [0.15, 0.2) is 0 Å². The van der Waals surface area contributed by atoms with E-state index in [1.165, 1.54) is 45.4 Å². The van der Waals surface area contributed by atoms with Gasteiger partial charge in [-0.05, 0) is 43.4 Å². The summed E-state index contributed by atoms with van der Waals surface area (Å²) >= 11 is 0. The summed E-state index contributed by atoms with van der Waals surface area (Å²) in [4.78, 5) is 25.9. The van der Waals surface area contributed by atoms with E-state index in [2.05, 4.69) is 10.2 Å². The van der Waals surface area contributed by atoms with E-state index in [0.29, 0.717) is 18.5 Å². The van der Waals surface area contributed by atoms with E-state index in [0.717, 1.165) is 11.3 Å². The minimum atomic E-state index is -0.0787. The van der Waals surface area contributed by atoms with Crippen LogP contribution in [0.15, 0.2) is 24.3 Å². The lowest BCUT2D eigenvalue weighted by Gasteiger charge is -2.29. The zero-order valence-corrected chi connectivity index (χ0v) is 13.2. The van der Waals surface area contributed by atoms with Crippen LogP contribution in [0.2, 0.25) is 0 Å². The standard InChI is InChI=1S/C18H24N2O2/c1-13(21)19-15-8-6-14(7-9-15)12-18(22)20(17-10-11-17)16-4-2-3-5-16/h6-9,16-17H,2-5,10-12H2,1H3,(H,19,21). The second-order valence-corrected chi connectivity index (χ2v) is 6.53. The van der Waals surface area contributed by atoms with Gasteiger partial charge in [0.2, 0.25) is 11.8 Å². The summed E-state index contributed by atoms with van der Waals surface area (Å²) in [5.41, 5.74) is 1.79. The number of nitrogens with zero attached hydrogens (tertiary/aromatic N) is 1. The van der Waals surface area contributed by atoms with Crippen LogP contribution < -0.4 is 5.32 Å². The third kappa shape index (κ3) is 3.67. The van der Waals surface area contributed by atoms with Crippen molar-refractivity contribution in [2.75, 3.05) is 5.32 Å². The Morgan fingerprint density at radius 2 is 1.64 bits per heavy atom. The minimum absolute atomic E-state index is 0.0787. The van der Waals surface area contributed by atoms with Crippen LogP contribution in [0.1, 0.15) is 51.0 Å². The number of hydrogen-bond acceptors (Lipinski definition) is 2. The SMILES string of the molecule is CC(=O)Nc1ccc(CC(=O)N(C2CCCC2)C2CC2)cc1. The molecule has 0 radical (unpaired) electrons. The van der Waals surface area contributed by atoms with Gasteiger partial charge in [-0.3, -0.25) is 9.59 Å². The molecule has 1 aromatic rings. The molecule has 1 N–H and O–H groups in total. The fourth-order valence-electron chi connectivity index (χ4n) is 3.42. The molecule has 0 atom stereocenters. The molecule has 1 aromatic carbocycles. The average molecular weight is 300 g/mol. The number of hydrogen-bond donors (Lipinski definition) is 1. The molecule has 4 heteroatoms. The van der Waals surface area contributed by atoms with Gasteiger partial charge in [0, 0.05) is 24.7 Å². The van der Waals surface area contributed by atoms with Gasteiger partial charge in [-0.15, -0.1) is 0 Å². The number of rotatable bonds is 5. The molecule has 2 aliphatic rings. The van der Waals surface area contributed by atoms with Crippen molar-refractivity contribution < 1.29 is 9.59 Å². The molecule has 0 unspecified atom stereocenters. The van der Waals surface area contributed by atoms with Crippen LogP contribution in [-0.4, -0.2) is 28.8 Å². The largest absolute Gasteiger partial charge is 0.336 e. The fraction of sp³-hybridized carbons (Fsp3) is 0.556. The summed E-state index contributed by atoms with van der Waals surface area (Å²) in [6.45, 7) is 1.49. The Hall–Kier alpha value is -1.84. The third-order valence-electron chi connectivity index (χ3n) is 4.58. The Morgan fingerprint density at radius 3 is 2.18 bits per heavy atom. The van der Waals surface area contributed by atoms with Crippen LogP contribution in [0, 0.1) is 0 Å². The van der Waals surface area contributed by atoms with E-state index in [1.54, 1.807) is 0 Å². The molecule has 0 bridgehead atoms. The van der Waals surface area contributed by atoms with Crippen molar-refractivity contribution in [3.05, 3.63) is 29.8 Å². The Labute approximate surface area is 131 Å². The van der Waals surface area contributed by atoms with Gasteiger partial charge < -0.3 is 10.2 Å². The van der Waals surface area contributed by atoms with Gasteiger partial charge in [0.25, 0.3) is 0 Å². The molecule has 0 aromatic heterocycles. The molecule has 4 nitrogen and oxygen atoms in total. The minimum Gasteiger partial charge on any atom is -0.336 e. The van der Waals surface area contributed by atoms with Gasteiger partial charge >= 0.3 is 0 Å². The monoisotopic (exact) mass is 300 g/mol. The summed E-state index contributed by atoms with van der Waals surface area (Å²) in [5.74, 6) is 0.187. The highest BCUT2D eigenvalue weighted by Crippen LogP contribution is 2.34. The number of anilines is 1. The highest BCUT2D eigenvalue weighted by atomic mass is 16.2. The number of nitrogens with one attached hydrogen (secondary N) is 1. The molecular formula is C18H24N2O2. The van der Waals surface area contributed by atoms with E-state index in [4.69, 9.17) is 0 Å². The highest BCUT2D eigenvalue weighted by Gasteiger charge is 2.37. The lowest BCUT2D eigenvalue weighted by molar-refractivity contribution is -0.133. The van der Waals surface area contributed by atoms with Gasteiger partial charge in [-0.2, -0.15) is 0 Å². The summed E-state index contributed by atoms with van der Waals surface area (Å²) < 4.78 is 0. The predicted molar refractivity (Wildman–Crippen MR) is 86.6 cm³/mol. The molecular weight excluding hydrogens is 276 g/mol. The van der Waals surface area contributed by atoms with E-state index in [9.17, 15) is 9.59 Å². The van der Waals surface area contributed by atoms with E-state index in [1.807, 2.05) is 24.3 Å². The van der Waals surface area contributed by atoms with E-state index >= 15 is 0 Å². The van der Waals surface area contributed by atoms with Crippen molar-refractivity contribution in [2.24, 2.45) is 0 Å². The molecule has 2 saturated carbocycles. The normalized spacial score (nSPS) is 18.2. The topological polar surface area (TPSA) is 49.4 Å². The number of amides is 2. The van der Waals surface area contributed by atoms with Crippen molar-refractivity contribution >= 4 is 17.5 Å². The van der Waals surface area contributed by atoms with Gasteiger partial charge in [0.1, 0.15) is 0 Å². The van der Waals surface area contributed by atoms with Gasteiger partial charge in [-0.1, -0.05) is 25.0 Å². The van der Waals surface area contributed by atoms with Crippen LogP contribution in [0.4, 0.5) is 5.69 Å². The Morgan fingerprint density at radius 1 is 1.05 bits per heavy atom. The predicted octanol–water partition coefficient (Wildman–Crippen LogP) is 3.12. The number of carbonyl (C=O) groups is 2. The number of carbonyl (C=O) groups excluding carboxylic acids is 2. The molecule has 3 rings (SSSR count). The molecule has 2 aliphatic carbocycles. The van der Waals surface area contributed by atoms with Crippen molar-refractivity contribution in [1.29, 1.82) is 0 Å². The highest BCUT2D eigenvalue weighted by molar-refractivity contribution is 5.88. The summed E-state index contributed by atoms with van der Waals surface area (Å²) in [7, 11) is 0. The lowest BCUT2D eigenvalue weighted by Crippen LogP contribution is -2.41. The molecule has 2 amide bonds. The summed E-state index contributed by atoms with van der Waals surface area (Å²) in [6, 6.07) is 8.56. The Kier molecular flexibility index (Phi) is 4.46. The van der Waals surface area contributed by atoms with E-state index < -0.39 is 0 Å². The first-order valence-corrected chi connectivity index (χ1v) is 8.31. The Bertz CT molecular complexity index is 543. The maximum Gasteiger partial charge on any atom is 0.227 e. The number of benzene rings is 1.